The number of aliphatic imine (C=N–C) groups is 1. The van der Waals surface area contributed by atoms with E-state index in [1.54, 1.807) is 6.07 Å². The average molecular weight is 521 g/mol. The number of aryl methyl sites for hydroxylation is 1. The Morgan fingerprint density at radius 1 is 1.17 bits per heavy atom. The summed E-state index contributed by atoms with van der Waals surface area (Å²) in [4.78, 5) is 41.7. The van der Waals surface area contributed by atoms with Crippen molar-refractivity contribution in [2.24, 2.45) is 22.2 Å². The summed E-state index contributed by atoms with van der Waals surface area (Å²) in [6.07, 6.45) is 0.728. The Morgan fingerprint density at radius 3 is 2.50 bits per heavy atom. The number of guanidine groups is 1. The number of amides is 1. The van der Waals surface area contributed by atoms with Gasteiger partial charge in [-0.3, -0.25) is 14.1 Å². The lowest BCUT2D eigenvalue weighted by Crippen LogP contribution is -2.26. The second-order valence-electron chi connectivity index (χ2n) is 7.77. The van der Waals surface area contributed by atoms with Gasteiger partial charge in [-0.05, 0) is 42.7 Å². The molecule has 0 aromatic heterocycles. The van der Waals surface area contributed by atoms with Crippen LogP contribution in [0.5, 0.6) is 11.5 Å². The molecule has 0 saturated heterocycles. The minimum Gasteiger partial charge on any atom is -0.489 e. The van der Waals surface area contributed by atoms with Crippen molar-refractivity contribution in [1.82, 2.24) is 0 Å². The molecule has 0 radical (unpaired) electrons. The zero-order valence-electron chi connectivity index (χ0n) is 19.1. The molecule has 7 N–H and O–H groups in total. The maximum absolute atomic E-state index is 13.2. The Balaban J connectivity index is 2.22. The van der Waals surface area contributed by atoms with E-state index >= 15 is 0 Å². The number of fused-ring (bicyclic) bond motifs is 2. The van der Waals surface area contributed by atoms with Gasteiger partial charge in [-0.25, -0.2) is 9.79 Å². The molecule has 0 fully saturated rings. The van der Waals surface area contributed by atoms with Crippen molar-refractivity contribution in [3.8, 4) is 11.5 Å². The first kappa shape index (κ1) is 26.4. The molecule has 36 heavy (non-hydrogen) atoms. The lowest BCUT2D eigenvalue weighted by molar-refractivity contribution is -0.141. The number of primary amides is 1. The van der Waals surface area contributed by atoms with Crippen molar-refractivity contribution >= 4 is 39.6 Å². The molecule has 1 amide bonds. The minimum absolute atomic E-state index is 0.0292. The number of hydrogen-bond acceptors (Lipinski definition) is 9. The SMILES string of the molecule is COC(=O)[C@H](CS(=O)(=O)O)c1ccc(C(N)=O)c2c1OC(=O)c1ccc(N=C(N)N)cc1CCCO2. The summed E-state index contributed by atoms with van der Waals surface area (Å²) in [5.41, 5.74) is 17.0. The van der Waals surface area contributed by atoms with Crippen molar-refractivity contribution in [3.63, 3.8) is 0 Å². The molecule has 0 spiro atoms. The second-order valence-corrected chi connectivity index (χ2v) is 9.27. The maximum atomic E-state index is 13.2. The first-order valence-corrected chi connectivity index (χ1v) is 12.1. The van der Waals surface area contributed by atoms with Gasteiger partial charge in [-0.15, -0.1) is 0 Å². The molecular weight excluding hydrogens is 496 g/mol. The quantitative estimate of drug-likeness (QED) is 0.134. The molecule has 13 nitrogen and oxygen atoms in total. The number of nitrogens with two attached hydrogens (primary N) is 3. The predicted octanol–water partition coefficient (Wildman–Crippen LogP) is 0.379. The highest BCUT2D eigenvalue weighted by atomic mass is 32.2. The normalized spacial score (nSPS) is 14.2. The summed E-state index contributed by atoms with van der Waals surface area (Å²) in [7, 11) is -3.68. The molecule has 1 aliphatic heterocycles. The maximum Gasteiger partial charge on any atom is 0.343 e. The van der Waals surface area contributed by atoms with Crippen molar-refractivity contribution in [3.05, 3.63) is 52.6 Å². The molecule has 192 valence electrons. The minimum atomic E-state index is -4.69. The molecule has 2 aromatic carbocycles. The van der Waals surface area contributed by atoms with Gasteiger partial charge < -0.3 is 31.4 Å². The highest BCUT2D eigenvalue weighted by molar-refractivity contribution is 7.85. The topological polar surface area (TPSA) is 224 Å². The molecule has 0 bridgehead atoms. The van der Waals surface area contributed by atoms with Crippen LogP contribution in [0.4, 0.5) is 5.69 Å². The Labute approximate surface area is 206 Å². The molecule has 14 heteroatoms. The molecular formula is C22H24N4O9S. The number of nitrogens with zero attached hydrogens (tertiary/aromatic N) is 1. The third-order valence-electron chi connectivity index (χ3n) is 5.25. The predicted molar refractivity (Wildman–Crippen MR) is 127 cm³/mol. The van der Waals surface area contributed by atoms with E-state index < -0.39 is 45.4 Å². The number of carbonyl (C=O) groups excluding carboxylic acids is 3. The largest absolute Gasteiger partial charge is 0.489 e. The van der Waals surface area contributed by atoms with Crippen molar-refractivity contribution < 1.29 is 41.6 Å². The summed E-state index contributed by atoms with van der Waals surface area (Å²) < 4.78 is 48.7. The molecule has 0 saturated carbocycles. The number of ether oxygens (including phenoxy) is 3. The zero-order valence-corrected chi connectivity index (χ0v) is 19.9. The fourth-order valence-corrected chi connectivity index (χ4v) is 4.46. The first-order chi connectivity index (χ1) is 16.9. The van der Waals surface area contributed by atoms with Crippen LogP contribution >= 0.6 is 0 Å². The lowest BCUT2D eigenvalue weighted by Gasteiger charge is -2.23. The number of esters is 2. The van der Waals surface area contributed by atoms with E-state index in [1.165, 1.54) is 24.3 Å². The van der Waals surface area contributed by atoms with Gasteiger partial charge in [-0.1, -0.05) is 6.07 Å². The summed E-state index contributed by atoms with van der Waals surface area (Å²) in [6.45, 7) is 0.0292. The van der Waals surface area contributed by atoms with E-state index in [0.29, 0.717) is 24.1 Å². The third kappa shape index (κ3) is 6.09. The van der Waals surface area contributed by atoms with E-state index in [1.807, 2.05) is 0 Å². The van der Waals surface area contributed by atoms with E-state index in [-0.39, 0.29) is 35.0 Å². The molecule has 0 aliphatic carbocycles. The van der Waals surface area contributed by atoms with Gasteiger partial charge in [0.2, 0.25) is 0 Å². The highest BCUT2D eigenvalue weighted by Gasteiger charge is 2.34. The lowest BCUT2D eigenvalue weighted by atomic mass is 9.96. The van der Waals surface area contributed by atoms with Crippen LogP contribution in [0.25, 0.3) is 0 Å². The zero-order chi connectivity index (χ0) is 26.6. The first-order valence-electron chi connectivity index (χ1n) is 10.5. The van der Waals surface area contributed by atoms with Gasteiger partial charge in [0, 0.05) is 5.56 Å². The smallest absolute Gasteiger partial charge is 0.343 e. The van der Waals surface area contributed by atoms with Crippen molar-refractivity contribution in [2.45, 2.75) is 18.8 Å². The van der Waals surface area contributed by atoms with Gasteiger partial charge in [-0.2, -0.15) is 8.42 Å². The molecule has 1 heterocycles. The van der Waals surface area contributed by atoms with Gasteiger partial charge >= 0.3 is 11.9 Å². The van der Waals surface area contributed by atoms with Crippen LogP contribution in [-0.2, 0) is 26.1 Å². The molecule has 0 unspecified atom stereocenters. The molecule has 1 atom stereocenters. The summed E-state index contributed by atoms with van der Waals surface area (Å²) in [6, 6.07) is 6.89. The Kier molecular flexibility index (Phi) is 7.80. The summed E-state index contributed by atoms with van der Waals surface area (Å²) >= 11 is 0. The highest BCUT2D eigenvalue weighted by Crippen LogP contribution is 2.41. The van der Waals surface area contributed by atoms with Crippen LogP contribution in [0.2, 0.25) is 0 Å². The van der Waals surface area contributed by atoms with E-state index in [4.69, 9.17) is 26.7 Å². The number of rotatable bonds is 6. The Hall–Kier alpha value is -4.17. The molecule has 1 aliphatic rings. The second kappa shape index (κ2) is 10.6. The van der Waals surface area contributed by atoms with E-state index in [0.717, 1.165) is 7.11 Å². The summed E-state index contributed by atoms with van der Waals surface area (Å²) in [5, 5.41) is 0. The monoisotopic (exact) mass is 520 g/mol. The molecule has 2 aromatic rings. The number of methoxy groups -OCH3 is 1. The fourth-order valence-electron chi connectivity index (χ4n) is 3.72. The van der Waals surface area contributed by atoms with Crippen LogP contribution in [-0.4, -0.2) is 56.2 Å². The van der Waals surface area contributed by atoms with E-state index in [2.05, 4.69) is 9.73 Å². The average Bonchev–Trinajstić information content (AvgIpc) is 2.79. The number of carbonyl (C=O) groups is 3. The number of benzene rings is 2. The van der Waals surface area contributed by atoms with Crippen LogP contribution in [0.3, 0.4) is 0 Å². The fraction of sp³-hybridized carbons (Fsp3) is 0.273. The van der Waals surface area contributed by atoms with Gasteiger partial charge in [0.1, 0.15) is 5.92 Å². The van der Waals surface area contributed by atoms with Crippen LogP contribution in [0.15, 0.2) is 35.3 Å². The van der Waals surface area contributed by atoms with Crippen molar-refractivity contribution in [1.29, 1.82) is 0 Å². The van der Waals surface area contributed by atoms with Gasteiger partial charge in [0.05, 0.1) is 36.3 Å². The molecule has 3 rings (SSSR count). The Bertz CT molecular complexity index is 1350. The standard InChI is InChI=1S/C22H24N4O9S/c1-33-20(28)16(10-36(30,31)32)14-6-7-15(19(23)27)17-18(14)35-21(29)13-5-4-12(26-22(24)25)9-11(13)3-2-8-34-17/h4-7,9,16H,2-3,8,10H2,1H3,(H2,23,27)(H4,24,25,26)(H,30,31,32)/t16-/m1/s1. The number of hydrogen-bond donors (Lipinski definition) is 4. The van der Waals surface area contributed by atoms with Crippen molar-refractivity contribution in [2.75, 3.05) is 19.5 Å². The van der Waals surface area contributed by atoms with E-state index in [9.17, 15) is 27.4 Å². The third-order valence-corrected chi connectivity index (χ3v) is 6.00. The van der Waals surface area contributed by atoms with Crippen LogP contribution in [0, 0.1) is 0 Å². The summed E-state index contributed by atoms with van der Waals surface area (Å²) in [5.74, 6) is -6.40. The van der Waals surface area contributed by atoms with Gasteiger partial charge in [0.25, 0.3) is 16.0 Å². The van der Waals surface area contributed by atoms with Crippen LogP contribution in [0.1, 0.15) is 44.2 Å². The van der Waals surface area contributed by atoms with Crippen LogP contribution < -0.4 is 26.7 Å². The Morgan fingerprint density at radius 2 is 1.89 bits per heavy atom. The van der Waals surface area contributed by atoms with Gasteiger partial charge in [0.15, 0.2) is 17.5 Å².